The van der Waals surface area contributed by atoms with Crippen molar-refractivity contribution in [3.8, 4) is 0 Å². The Bertz CT molecular complexity index is 371. The molecule has 2 N–H and O–H groups in total. The molecule has 0 atom stereocenters. The number of nitrogens with two attached hydrogens (primary N) is 1. The van der Waals surface area contributed by atoms with Gasteiger partial charge in [0.15, 0.2) is 0 Å². The monoisotopic (exact) mass is 232 g/mol. The fourth-order valence-electron chi connectivity index (χ4n) is 2.47. The summed E-state index contributed by atoms with van der Waals surface area (Å²) in [5.41, 5.74) is 10.0. The predicted molar refractivity (Wildman–Crippen MR) is 72.8 cm³/mol. The van der Waals surface area contributed by atoms with Crippen molar-refractivity contribution in [2.75, 3.05) is 6.54 Å². The van der Waals surface area contributed by atoms with Gasteiger partial charge < -0.3 is 5.73 Å². The van der Waals surface area contributed by atoms with Crippen molar-refractivity contribution in [2.24, 2.45) is 5.73 Å². The first-order valence-corrected chi connectivity index (χ1v) is 6.75. The summed E-state index contributed by atoms with van der Waals surface area (Å²) in [6, 6.07) is 7.64. The van der Waals surface area contributed by atoms with Crippen LogP contribution in [-0.4, -0.2) is 17.5 Å². The van der Waals surface area contributed by atoms with Crippen LogP contribution in [0.5, 0.6) is 0 Å². The molecule has 0 saturated heterocycles. The molecule has 1 aromatic carbocycles. The second-order valence-corrected chi connectivity index (χ2v) is 5.35. The van der Waals surface area contributed by atoms with Crippen LogP contribution in [0.15, 0.2) is 18.2 Å². The van der Waals surface area contributed by atoms with Gasteiger partial charge in [-0.2, -0.15) is 0 Å². The third-order valence-corrected chi connectivity index (χ3v) is 3.67. The summed E-state index contributed by atoms with van der Waals surface area (Å²) >= 11 is 0. The van der Waals surface area contributed by atoms with Gasteiger partial charge >= 0.3 is 0 Å². The molecule has 1 heterocycles. The molecule has 2 nitrogen and oxygen atoms in total. The molecule has 0 bridgehead atoms. The Hall–Kier alpha value is -0.860. The highest BCUT2D eigenvalue weighted by molar-refractivity contribution is 5.35. The van der Waals surface area contributed by atoms with Crippen molar-refractivity contribution in [1.82, 2.24) is 4.90 Å². The summed E-state index contributed by atoms with van der Waals surface area (Å²) < 4.78 is 0. The molecular weight excluding hydrogens is 208 g/mol. The molecule has 1 aliphatic heterocycles. The molecular formula is C15H24N2. The average molecular weight is 232 g/mol. The minimum Gasteiger partial charge on any atom is -0.330 e. The van der Waals surface area contributed by atoms with Gasteiger partial charge in [-0.3, -0.25) is 4.90 Å². The van der Waals surface area contributed by atoms with Gasteiger partial charge in [-0.1, -0.05) is 18.2 Å². The van der Waals surface area contributed by atoms with Crippen LogP contribution in [0.4, 0.5) is 0 Å². The summed E-state index contributed by atoms with van der Waals surface area (Å²) in [5.74, 6) is 0. The van der Waals surface area contributed by atoms with E-state index in [2.05, 4.69) is 36.9 Å². The lowest BCUT2D eigenvalue weighted by Gasteiger charge is -2.18. The number of nitrogens with zero attached hydrogens (tertiary/aromatic N) is 1. The van der Waals surface area contributed by atoms with Gasteiger partial charge in [0, 0.05) is 19.1 Å². The number of benzene rings is 1. The lowest BCUT2D eigenvalue weighted by atomic mass is 10.0. The van der Waals surface area contributed by atoms with Crippen LogP contribution in [0.2, 0.25) is 0 Å². The van der Waals surface area contributed by atoms with E-state index in [1.807, 2.05) is 0 Å². The number of hydrogen-bond acceptors (Lipinski definition) is 2. The summed E-state index contributed by atoms with van der Waals surface area (Å²) in [4.78, 5) is 2.52. The standard InChI is InChI=1S/C15H24N2/c1-12(2)17-10-14-7-6-13(5-3-4-8-16)9-15(14)11-17/h6-7,9,12H,3-5,8,10-11,16H2,1-2H3. The summed E-state index contributed by atoms with van der Waals surface area (Å²) in [6.45, 7) is 7.60. The second-order valence-electron chi connectivity index (χ2n) is 5.35. The maximum absolute atomic E-state index is 5.53. The molecule has 0 fully saturated rings. The van der Waals surface area contributed by atoms with E-state index in [0.29, 0.717) is 6.04 Å². The molecule has 0 spiro atoms. The average Bonchev–Trinajstić information content (AvgIpc) is 2.72. The fraction of sp³-hybridized carbons (Fsp3) is 0.600. The third-order valence-electron chi connectivity index (χ3n) is 3.67. The molecule has 0 saturated carbocycles. The fourth-order valence-corrected chi connectivity index (χ4v) is 2.47. The normalized spacial score (nSPS) is 15.5. The number of fused-ring (bicyclic) bond motifs is 1. The zero-order valence-corrected chi connectivity index (χ0v) is 11.1. The Kier molecular flexibility index (Phi) is 4.19. The molecule has 94 valence electrons. The lowest BCUT2D eigenvalue weighted by molar-refractivity contribution is 0.227. The molecule has 2 heteroatoms. The van der Waals surface area contributed by atoms with Gasteiger partial charge in [0.2, 0.25) is 0 Å². The smallest absolute Gasteiger partial charge is 0.0243 e. The van der Waals surface area contributed by atoms with Gasteiger partial charge in [0.05, 0.1) is 0 Å². The molecule has 0 aromatic heterocycles. The third kappa shape index (κ3) is 3.08. The lowest BCUT2D eigenvalue weighted by Crippen LogP contribution is -2.24. The maximum Gasteiger partial charge on any atom is 0.0243 e. The van der Waals surface area contributed by atoms with Crippen molar-refractivity contribution >= 4 is 0 Å². The highest BCUT2D eigenvalue weighted by Crippen LogP contribution is 2.25. The van der Waals surface area contributed by atoms with Gasteiger partial charge in [-0.15, -0.1) is 0 Å². The largest absolute Gasteiger partial charge is 0.330 e. The van der Waals surface area contributed by atoms with E-state index < -0.39 is 0 Å². The zero-order chi connectivity index (χ0) is 12.3. The first kappa shape index (κ1) is 12.6. The highest BCUT2D eigenvalue weighted by Gasteiger charge is 2.20. The molecule has 0 unspecified atom stereocenters. The van der Waals surface area contributed by atoms with E-state index >= 15 is 0 Å². The van der Waals surface area contributed by atoms with Crippen molar-refractivity contribution in [2.45, 2.75) is 52.2 Å². The Morgan fingerprint density at radius 3 is 2.65 bits per heavy atom. The molecule has 2 rings (SSSR count). The Morgan fingerprint density at radius 2 is 1.94 bits per heavy atom. The van der Waals surface area contributed by atoms with Crippen molar-refractivity contribution in [1.29, 1.82) is 0 Å². The van der Waals surface area contributed by atoms with E-state index in [1.54, 1.807) is 0 Å². The van der Waals surface area contributed by atoms with Crippen molar-refractivity contribution < 1.29 is 0 Å². The van der Waals surface area contributed by atoms with Crippen LogP contribution in [0.25, 0.3) is 0 Å². The highest BCUT2D eigenvalue weighted by atomic mass is 15.2. The Balaban J connectivity index is 2.00. The van der Waals surface area contributed by atoms with E-state index in [4.69, 9.17) is 5.73 Å². The topological polar surface area (TPSA) is 29.3 Å². The molecule has 17 heavy (non-hydrogen) atoms. The summed E-state index contributed by atoms with van der Waals surface area (Å²) in [6.07, 6.45) is 3.52. The first-order valence-electron chi connectivity index (χ1n) is 6.75. The number of rotatable bonds is 5. The van der Waals surface area contributed by atoms with Crippen LogP contribution in [0.3, 0.4) is 0 Å². The summed E-state index contributed by atoms with van der Waals surface area (Å²) in [5, 5.41) is 0. The van der Waals surface area contributed by atoms with Gasteiger partial charge in [-0.25, -0.2) is 0 Å². The van der Waals surface area contributed by atoms with Gasteiger partial charge in [0.1, 0.15) is 0 Å². The van der Waals surface area contributed by atoms with Gasteiger partial charge in [0.25, 0.3) is 0 Å². The van der Waals surface area contributed by atoms with Crippen molar-refractivity contribution in [3.63, 3.8) is 0 Å². The molecule has 0 amide bonds. The Labute approximate surface area is 105 Å². The van der Waals surface area contributed by atoms with Crippen LogP contribution in [0, 0.1) is 0 Å². The van der Waals surface area contributed by atoms with Crippen LogP contribution in [0.1, 0.15) is 43.4 Å². The SMILES string of the molecule is CC(C)N1Cc2ccc(CCCCN)cc2C1. The number of aryl methyl sites for hydroxylation is 1. The first-order chi connectivity index (χ1) is 8.20. The number of hydrogen-bond donors (Lipinski definition) is 1. The number of unbranched alkanes of at least 4 members (excludes halogenated alkanes) is 1. The van der Waals surface area contributed by atoms with Gasteiger partial charge in [-0.05, 0) is 56.3 Å². The van der Waals surface area contributed by atoms with E-state index in [0.717, 1.165) is 26.1 Å². The molecule has 0 aliphatic carbocycles. The van der Waals surface area contributed by atoms with Crippen molar-refractivity contribution in [3.05, 3.63) is 34.9 Å². The minimum absolute atomic E-state index is 0.642. The Morgan fingerprint density at radius 1 is 1.18 bits per heavy atom. The maximum atomic E-state index is 5.53. The van der Waals surface area contributed by atoms with Crippen LogP contribution < -0.4 is 5.73 Å². The molecule has 1 aliphatic rings. The summed E-state index contributed by atoms with van der Waals surface area (Å²) in [7, 11) is 0. The zero-order valence-electron chi connectivity index (χ0n) is 11.1. The minimum atomic E-state index is 0.642. The van der Waals surface area contributed by atoms with E-state index in [1.165, 1.54) is 29.5 Å². The predicted octanol–water partition coefficient (Wildman–Crippen LogP) is 2.69. The quantitative estimate of drug-likeness (QED) is 0.791. The molecule has 1 aromatic rings. The van der Waals surface area contributed by atoms with E-state index in [-0.39, 0.29) is 0 Å². The van der Waals surface area contributed by atoms with Crippen LogP contribution in [-0.2, 0) is 19.5 Å². The second kappa shape index (κ2) is 5.65. The van der Waals surface area contributed by atoms with Crippen LogP contribution >= 0.6 is 0 Å². The van der Waals surface area contributed by atoms with E-state index in [9.17, 15) is 0 Å². The molecule has 0 radical (unpaired) electrons.